The number of carbonyl (C=O) groups excluding carboxylic acids is 2. The minimum absolute atomic E-state index is 0.0783. The number of rotatable bonds is 5. The van der Waals surface area contributed by atoms with Crippen LogP contribution in [0.15, 0.2) is 18.2 Å². The molecule has 0 saturated carbocycles. The standard InChI is InChI=1S/C19H27Cl2N3O2/c1-12-6-5-7-13(2)24(12)19(26)14(3)23(4)11-18(25)22-15-8-9-16(20)17(21)10-15/h8-10,12-14H,5-7,11H2,1-4H3,(H,22,25)/t12-,13-,14-/m1/s1. The maximum atomic E-state index is 12.9. The van der Waals surface area contributed by atoms with Gasteiger partial charge < -0.3 is 10.2 Å². The molecular formula is C19H27Cl2N3O2. The Morgan fingerprint density at radius 2 is 1.85 bits per heavy atom. The van der Waals surface area contributed by atoms with Gasteiger partial charge in [0.05, 0.1) is 22.6 Å². The molecule has 2 rings (SSSR count). The van der Waals surface area contributed by atoms with Gasteiger partial charge in [0.15, 0.2) is 0 Å². The van der Waals surface area contributed by atoms with E-state index in [1.165, 1.54) is 0 Å². The van der Waals surface area contributed by atoms with Crippen LogP contribution in [0.4, 0.5) is 5.69 Å². The molecule has 5 nitrogen and oxygen atoms in total. The van der Waals surface area contributed by atoms with Crippen LogP contribution in [0, 0.1) is 0 Å². The van der Waals surface area contributed by atoms with Gasteiger partial charge >= 0.3 is 0 Å². The molecule has 7 heteroatoms. The normalized spacial score (nSPS) is 21.6. The lowest BCUT2D eigenvalue weighted by Crippen LogP contribution is -2.54. The van der Waals surface area contributed by atoms with E-state index >= 15 is 0 Å². The van der Waals surface area contributed by atoms with E-state index in [2.05, 4.69) is 19.2 Å². The Kier molecular flexibility index (Phi) is 7.33. The van der Waals surface area contributed by atoms with Crippen LogP contribution in [0.2, 0.25) is 10.0 Å². The molecule has 0 aliphatic carbocycles. The molecule has 1 aromatic rings. The Balaban J connectivity index is 1.94. The summed E-state index contributed by atoms with van der Waals surface area (Å²) in [5.41, 5.74) is 0.579. The molecule has 0 spiro atoms. The van der Waals surface area contributed by atoms with Gasteiger partial charge in [-0.15, -0.1) is 0 Å². The van der Waals surface area contributed by atoms with E-state index in [4.69, 9.17) is 23.2 Å². The van der Waals surface area contributed by atoms with Crippen molar-refractivity contribution in [1.82, 2.24) is 9.80 Å². The number of nitrogens with one attached hydrogen (secondary N) is 1. The van der Waals surface area contributed by atoms with E-state index in [0.717, 1.165) is 19.3 Å². The first kappa shape index (κ1) is 21.0. The summed E-state index contributed by atoms with van der Waals surface area (Å²) in [6, 6.07) is 5.05. The van der Waals surface area contributed by atoms with Gasteiger partial charge in [0.25, 0.3) is 0 Å². The summed E-state index contributed by atoms with van der Waals surface area (Å²) in [6.45, 7) is 6.15. The third kappa shape index (κ3) is 5.12. The Labute approximate surface area is 165 Å². The van der Waals surface area contributed by atoms with E-state index in [1.807, 2.05) is 11.8 Å². The summed E-state index contributed by atoms with van der Waals surface area (Å²) < 4.78 is 0. The van der Waals surface area contributed by atoms with Gasteiger partial charge in [-0.2, -0.15) is 0 Å². The number of hydrogen-bond acceptors (Lipinski definition) is 3. The fourth-order valence-electron chi connectivity index (χ4n) is 3.40. The lowest BCUT2D eigenvalue weighted by atomic mass is 9.96. The zero-order valence-electron chi connectivity index (χ0n) is 15.8. The van der Waals surface area contributed by atoms with Crippen LogP contribution in [-0.4, -0.2) is 53.3 Å². The quantitative estimate of drug-likeness (QED) is 0.812. The Morgan fingerprint density at radius 1 is 1.23 bits per heavy atom. The van der Waals surface area contributed by atoms with Crippen molar-refractivity contribution in [3.8, 4) is 0 Å². The van der Waals surface area contributed by atoms with Crippen LogP contribution in [0.5, 0.6) is 0 Å². The number of piperidine rings is 1. The molecule has 1 saturated heterocycles. The second-order valence-corrected chi connectivity index (χ2v) is 7.96. The minimum Gasteiger partial charge on any atom is -0.336 e. The van der Waals surface area contributed by atoms with Gasteiger partial charge in [0, 0.05) is 17.8 Å². The monoisotopic (exact) mass is 399 g/mol. The smallest absolute Gasteiger partial charge is 0.240 e. The number of likely N-dealkylation sites (N-methyl/N-ethyl adjacent to an activating group) is 1. The fourth-order valence-corrected chi connectivity index (χ4v) is 3.70. The summed E-state index contributed by atoms with van der Waals surface area (Å²) in [7, 11) is 1.79. The van der Waals surface area contributed by atoms with Gasteiger partial charge in [-0.1, -0.05) is 23.2 Å². The summed E-state index contributed by atoms with van der Waals surface area (Å²) >= 11 is 11.8. The first-order chi connectivity index (χ1) is 12.2. The van der Waals surface area contributed by atoms with E-state index < -0.39 is 0 Å². The number of halogens is 2. The van der Waals surface area contributed by atoms with Gasteiger partial charge in [-0.05, 0) is 65.3 Å². The van der Waals surface area contributed by atoms with Gasteiger partial charge in [0.2, 0.25) is 11.8 Å². The Bertz CT molecular complexity index is 658. The molecule has 1 aromatic carbocycles. The summed E-state index contributed by atoms with van der Waals surface area (Å²) in [4.78, 5) is 28.9. The maximum absolute atomic E-state index is 12.9. The molecule has 3 atom stereocenters. The SMILES string of the molecule is C[C@H](C(=O)N1[C@H](C)CCC[C@H]1C)N(C)CC(=O)Nc1ccc(Cl)c(Cl)c1. The zero-order chi connectivity index (χ0) is 19.4. The van der Waals surface area contributed by atoms with Gasteiger partial charge in [-0.25, -0.2) is 0 Å². The highest BCUT2D eigenvalue weighted by Crippen LogP contribution is 2.25. The van der Waals surface area contributed by atoms with E-state index in [1.54, 1.807) is 30.1 Å². The molecule has 1 aliphatic rings. The van der Waals surface area contributed by atoms with Gasteiger partial charge in [-0.3, -0.25) is 14.5 Å². The second kappa shape index (κ2) is 9.07. The van der Waals surface area contributed by atoms with Crippen LogP contribution in [-0.2, 0) is 9.59 Å². The first-order valence-electron chi connectivity index (χ1n) is 8.98. The maximum Gasteiger partial charge on any atom is 0.240 e. The summed E-state index contributed by atoms with van der Waals surface area (Å²) in [6.07, 6.45) is 3.22. The fraction of sp³-hybridized carbons (Fsp3) is 0.579. The number of hydrogen-bond donors (Lipinski definition) is 1. The average Bonchev–Trinajstić information content (AvgIpc) is 2.57. The average molecular weight is 400 g/mol. The summed E-state index contributed by atoms with van der Waals surface area (Å²) in [5.74, 6) is -0.125. The molecule has 1 fully saturated rings. The molecule has 0 radical (unpaired) electrons. The van der Waals surface area contributed by atoms with Crippen LogP contribution in [0.1, 0.15) is 40.0 Å². The Hall–Kier alpha value is -1.30. The van der Waals surface area contributed by atoms with Crippen molar-refractivity contribution in [1.29, 1.82) is 0 Å². The highest BCUT2D eigenvalue weighted by atomic mass is 35.5. The number of benzene rings is 1. The minimum atomic E-state index is -0.363. The zero-order valence-corrected chi connectivity index (χ0v) is 17.3. The molecule has 0 aromatic heterocycles. The number of likely N-dealkylation sites (tertiary alicyclic amines) is 1. The van der Waals surface area contributed by atoms with Crippen LogP contribution in [0.3, 0.4) is 0 Å². The molecule has 0 bridgehead atoms. The van der Waals surface area contributed by atoms with Crippen molar-refractivity contribution in [2.24, 2.45) is 0 Å². The van der Waals surface area contributed by atoms with Crippen molar-refractivity contribution >= 4 is 40.7 Å². The van der Waals surface area contributed by atoms with Crippen LogP contribution >= 0.6 is 23.2 Å². The lowest BCUT2D eigenvalue weighted by molar-refractivity contribution is -0.142. The molecule has 0 unspecified atom stereocenters. The van der Waals surface area contributed by atoms with Crippen molar-refractivity contribution in [3.05, 3.63) is 28.2 Å². The molecule has 26 heavy (non-hydrogen) atoms. The highest BCUT2D eigenvalue weighted by Gasteiger charge is 2.33. The van der Waals surface area contributed by atoms with E-state index in [-0.39, 0.29) is 36.5 Å². The van der Waals surface area contributed by atoms with Crippen molar-refractivity contribution in [3.63, 3.8) is 0 Å². The number of anilines is 1. The Morgan fingerprint density at radius 3 is 2.42 bits per heavy atom. The molecular weight excluding hydrogens is 373 g/mol. The highest BCUT2D eigenvalue weighted by molar-refractivity contribution is 6.42. The number of nitrogens with zero attached hydrogens (tertiary/aromatic N) is 2. The number of carbonyl (C=O) groups is 2. The largest absolute Gasteiger partial charge is 0.336 e. The molecule has 1 N–H and O–H groups in total. The first-order valence-corrected chi connectivity index (χ1v) is 9.73. The second-order valence-electron chi connectivity index (χ2n) is 7.14. The van der Waals surface area contributed by atoms with Crippen molar-refractivity contribution in [2.75, 3.05) is 18.9 Å². The number of amides is 2. The molecule has 1 heterocycles. The van der Waals surface area contributed by atoms with Crippen molar-refractivity contribution < 1.29 is 9.59 Å². The summed E-state index contributed by atoms with van der Waals surface area (Å²) in [5, 5.41) is 3.60. The molecule has 1 aliphatic heterocycles. The molecule has 144 valence electrons. The van der Waals surface area contributed by atoms with Gasteiger partial charge in [0.1, 0.15) is 0 Å². The van der Waals surface area contributed by atoms with E-state index in [0.29, 0.717) is 15.7 Å². The third-order valence-corrected chi connectivity index (χ3v) is 5.80. The van der Waals surface area contributed by atoms with Crippen LogP contribution < -0.4 is 5.32 Å². The lowest BCUT2D eigenvalue weighted by Gasteiger charge is -2.41. The molecule has 2 amide bonds. The topological polar surface area (TPSA) is 52.7 Å². The third-order valence-electron chi connectivity index (χ3n) is 5.06. The van der Waals surface area contributed by atoms with Crippen molar-refractivity contribution in [2.45, 2.75) is 58.2 Å². The predicted octanol–water partition coefficient (Wildman–Crippen LogP) is 4.04. The predicted molar refractivity (Wildman–Crippen MR) is 107 cm³/mol. The van der Waals surface area contributed by atoms with E-state index in [9.17, 15) is 9.59 Å². The van der Waals surface area contributed by atoms with Crippen LogP contribution in [0.25, 0.3) is 0 Å².